The molecular formula is C10H9ClF3N5. The Morgan fingerprint density at radius 3 is 2.63 bits per heavy atom. The molecule has 0 amide bonds. The van der Waals surface area contributed by atoms with Gasteiger partial charge in [-0.15, -0.1) is 0 Å². The lowest BCUT2D eigenvalue weighted by atomic mass is 10.4. The summed E-state index contributed by atoms with van der Waals surface area (Å²) >= 11 is 5.47. The van der Waals surface area contributed by atoms with Crippen LogP contribution in [0.15, 0.2) is 18.3 Å². The Morgan fingerprint density at radius 1 is 1.32 bits per heavy atom. The van der Waals surface area contributed by atoms with Crippen LogP contribution in [0, 0.1) is 0 Å². The molecule has 102 valence electrons. The maximum Gasteiger partial charge on any atom is 0.433 e. The van der Waals surface area contributed by atoms with Gasteiger partial charge in [-0.1, -0.05) is 0 Å². The standard InChI is InChI=1S/C10H9ClF3N5/c1-2-19-4-3-7(18-19)16-8-5-6(10(12,13)14)15-9(11)17-8/h3-5H,2H2,1H3,(H,15,16,17,18). The fraction of sp³-hybridized carbons (Fsp3) is 0.300. The summed E-state index contributed by atoms with van der Waals surface area (Å²) in [6.45, 7) is 2.54. The highest BCUT2D eigenvalue weighted by Gasteiger charge is 2.33. The number of rotatable bonds is 3. The van der Waals surface area contributed by atoms with Crippen molar-refractivity contribution in [2.75, 3.05) is 5.32 Å². The van der Waals surface area contributed by atoms with E-state index in [2.05, 4.69) is 20.4 Å². The van der Waals surface area contributed by atoms with Crippen LogP contribution in [0.3, 0.4) is 0 Å². The molecule has 0 spiro atoms. The molecule has 0 bridgehead atoms. The summed E-state index contributed by atoms with van der Waals surface area (Å²) in [7, 11) is 0. The van der Waals surface area contributed by atoms with Gasteiger partial charge in [-0.2, -0.15) is 18.3 Å². The molecule has 2 heterocycles. The molecule has 5 nitrogen and oxygen atoms in total. The summed E-state index contributed by atoms with van der Waals surface area (Å²) in [5, 5.41) is 6.23. The predicted octanol–water partition coefficient (Wildman–Crippen LogP) is 3.11. The molecule has 0 radical (unpaired) electrons. The maximum atomic E-state index is 12.5. The smallest absolute Gasteiger partial charge is 0.323 e. The first kappa shape index (κ1) is 13.6. The molecule has 1 N–H and O–H groups in total. The highest BCUT2D eigenvalue weighted by atomic mass is 35.5. The van der Waals surface area contributed by atoms with Gasteiger partial charge in [0.15, 0.2) is 11.5 Å². The third kappa shape index (κ3) is 3.34. The van der Waals surface area contributed by atoms with E-state index >= 15 is 0 Å². The van der Waals surface area contributed by atoms with Crippen LogP contribution in [-0.4, -0.2) is 19.7 Å². The first-order chi connectivity index (χ1) is 8.88. The Hall–Kier alpha value is -1.83. The third-order valence-electron chi connectivity index (χ3n) is 2.21. The van der Waals surface area contributed by atoms with E-state index in [-0.39, 0.29) is 5.82 Å². The first-order valence-corrected chi connectivity index (χ1v) is 5.68. The van der Waals surface area contributed by atoms with Crippen LogP contribution in [0.4, 0.5) is 24.8 Å². The molecule has 0 atom stereocenters. The SMILES string of the molecule is CCn1ccc(Nc2cc(C(F)(F)F)nc(Cl)n2)n1. The molecule has 2 aromatic heterocycles. The largest absolute Gasteiger partial charge is 0.433 e. The van der Waals surface area contributed by atoms with Gasteiger partial charge in [0.1, 0.15) is 5.82 Å². The van der Waals surface area contributed by atoms with Crippen LogP contribution < -0.4 is 5.32 Å². The lowest BCUT2D eigenvalue weighted by molar-refractivity contribution is -0.141. The number of alkyl halides is 3. The Labute approximate surface area is 111 Å². The molecule has 2 rings (SSSR count). The minimum atomic E-state index is -4.58. The van der Waals surface area contributed by atoms with Crippen molar-refractivity contribution in [1.29, 1.82) is 0 Å². The monoisotopic (exact) mass is 291 g/mol. The summed E-state index contributed by atoms with van der Waals surface area (Å²) in [5.41, 5.74) is -1.11. The van der Waals surface area contributed by atoms with Crippen LogP contribution in [0.25, 0.3) is 0 Å². The van der Waals surface area contributed by atoms with Gasteiger partial charge in [-0.05, 0) is 18.5 Å². The third-order valence-corrected chi connectivity index (χ3v) is 2.38. The van der Waals surface area contributed by atoms with E-state index in [0.29, 0.717) is 12.4 Å². The number of hydrogen-bond donors (Lipinski definition) is 1. The van der Waals surface area contributed by atoms with Crippen molar-refractivity contribution in [3.05, 3.63) is 29.3 Å². The Balaban J connectivity index is 2.27. The lowest BCUT2D eigenvalue weighted by Gasteiger charge is -2.08. The number of halogens is 4. The van der Waals surface area contributed by atoms with E-state index in [1.807, 2.05) is 6.92 Å². The molecule has 0 saturated carbocycles. The molecule has 0 fully saturated rings. The average Bonchev–Trinajstić information content (AvgIpc) is 2.75. The second-order valence-electron chi connectivity index (χ2n) is 3.59. The van der Waals surface area contributed by atoms with Crippen LogP contribution in [0.1, 0.15) is 12.6 Å². The Kier molecular flexibility index (Phi) is 3.61. The zero-order valence-electron chi connectivity index (χ0n) is 9.74. The highest BCUT2D eigenvalue weighted by Crippen LogP contribution is 2.30. The molecule has 0 unspecified atom stereocenters. The molecule has 0 aromatic carbocycles. The number of hydrogen-bond acceptors (Lipinski definition) is 4. The van der Waals surface area contributed by atoms with Gasteiger partial charge in [-0.25, -0.2) is 9.97 Å². The van der Waals surface area contributed by atoms with Gasteiger partial charge in [0, 0.05) is 24.9 Å². The lowest BCUT2D eigenvalue weighted by Crippen LogP contribution is -2.10. The van der Waals surface area contributed by atoms with Crippen LogP contribution in [0.2, 0.25) is 5.28 Å². The van der Waals surface area contributed by atoms with E-state index in [1.54, 1.807) is 16.9 Å². The molecule has 19 heavy (non-hydrogen) atoms. The van der Waals surface area contributed by atoms with Crippen molar-refractivity contribution < 1.29 is 13.2 Å². The fourth-order valence-corrected chi connectivity index (χ4v) is 1.54. The van der Waals surface area contributed by atoms with Crippen LogP contribution >= 0.6 is 11.6 Å². The number of nitrogens with one attached hydrogen (secondary N) is 1. The van der Waals surface area contributed by atoms with Crippen LogP contribution in [-0.2, 0) is 12.7 Å². The summed E-state index contributed by atoms with van der Waals surface area (Å²) in [4.78, 5) is 6.80. The van der Waals surface area contributed by atoms with E-state index in [9.17, 15) is 13.2 Å². The van der Waals surface area contributed by atoms with E-state index in [1.165, 1.54) is 0 Å². The predicted molar refractivity (Wildman–Crippen MR) is 63.2 cm³/mol. The number of aryl methyl sites for hydroxylation is 1. The molecule has 9 heteroatoms. The van der Waals surface area contributed by atoms with E-state index in [0.717, 1.165) is 6.07 Å². The van der Waals surface area contributed by atoms with Crippen molar-refractivity contribution >= 4 is 23.2 Å². The quantitative estimate of drug-likeness (QED) is 0.883. The molecule has 0 aliphatic heterocycles. The van der Waals surface area contributed by atoms with Gasteiger partial charge >= 0.3 is 6.18 Å². The average molecular weight is 292 g/mol. The number of anilines is 2. The normalized spacial score (nSPS) is 11.6. The molecule has 0 aliphatic carbocycles. The summed E-state index contributed by atoms with van der Waals surface area (Å²) in [6.07, 6.45) is -2.89. The molecular weight excluding hydrogens is 283 g/mol. The summed E-state index contributed by atoms with van der Waals surface area (Å²) < 4.78 is 39.3. The maximum absolute atomic E-state index is 12.5. The molecule has 2 aromatic rings. The molecule has 0 saturated heterocycles. The zero-order chi connectivity index (χ0) is 14.0. The second-order valence-corrected chi connectivity index (χ2v) is 3.92. The summed E-state index contributed by atoms with van der Waals surface area (Å²) in [6, 6.07) is 2.39. The van der Waals surface area contributed by atoms with Crippen molar-refractivity contribution in [3.63, 3.8) is 0 Å². The number of nitrogens with zero attached hydrogens (tertiary/aromatic N) is 4. The Bertz CT molecular complexity index is 581. The van der Waals surface area contributed by atoms with Gasteiger partial charge < -0.3 is 5.32 Å². The Morgan fingerprint density at radius 2 is 2.05 bits per heavy atom. The fourth-order valence-electron chi connectivity index (χ4n) is 1.36. The van der Waals surface area contributed by atoms with Gasteiger partial charge in [0.2, 0.25) is 5.28 Å². The zero-order valence-corrected chi connectivity index (χ0v) is 10.5. The second kappa shape index (κ2) is 5.04. The van der Waals surface area contributed by atoms with Gasteiger partial charge in [0.25, 0.3) is 0 Å². The minimum Gasteiger partial charge on any atom is -0.323 e. The van der Waals surface area contributed by atoms with E-state index in [4.69, 9.17) is 11.6 Å². The minimum absolute atomic E-state index is 0.0614. The molecule has 0 aliphatic rings. The number of aromatic nitrogens is 4. The van der Waals surface area contributed by atoms with Crippen molar-refractivity contribution in [2.45, 2.75) is 19.6 Å². The van der Waals surface area contributed by atoms with Crippen molar-refractivity contribution in [1.82, 2.24) is 19.7 Å². The van der Waals surface area contributed by atoms with Crippen molar-refractivity contribution in [3.8, 4) is 0 Å². The van der Waals surface area contributed by atoms with E-state index < -0.39 is 17.2 Å². The highest BCUT2D eigenvalue weighted by molar-refractivity contribution is 6.28. The first-order valence-electron chi connectivity index (χ1n) is 5.30. The van der Waals surface area contributed by atoms with Gasteiger partial charge in [0.05, 0.1) is 0 Å². The topological polar surface area (TPSA) is 55.6 Å². The summed E-state index contributed by atoms with van der Waals surface area (Å²) in [5.74, 6) is 0.318. The van der Waals surface area contributed by atoms with Crippen LogP contribution in [0.5, 0.6) is 0 Å². The van der Waals surface area contributed by atoms with Crippen molar-refractivity contribution in [2.24, 2.45) is 0 Å². The van der Waals surface area contributed by atoms with Gasteiger partial charge in [-0.3, -0.25) is 4.68 Å².